The van der Waals surface area contributed by atoms with Gasteiger partial charge in [-0.3, -0.25) is 4.79 Å². The lowest BCUT2D eigenvalue weighted by molar-refractivity contribution is -0.00245. The molecule has 18 heavy (non-hydrogen) atoms. The first-order valence-electron chi connectivity index (χ1n) is 6.24. The molecular weight excluding hydrogens is 244 g/mol. The standard InChI is InChI=1S/C15H18O2S/c1-4-15(5-2,17-3)14(16)12-8-6-7-11-9-10-18-13(11)12/h6-10H,4-5H2,1-3H3. The van der Waals surface area contributed by atoms with Crippen molar-refractivity contribution in [3.8, 4) is 0 Å². The molecule has 0 aliphatic carbocycles. The van der Waals surface area contributed by atoms with Gasteiger partial charge in [-0.05, 0) is 35.7 Å². The first-order valence-corrected chi connectivity index (χ1v) is 7.12. The van der Waals surface area contributed by atoms with E-state index in [1.165, 1.54) is 0 Å². The number of methoxy groups -OCH3 is 1. The summed E-state index contributed by atoms with van der Waals surface area (Å²) in [5.41, 5.74) is 0.103. The number of benzene rings is 1. The Kier molecular flexibility index (Phi) is 3.83. The number of ether oxygens (including phenoxy) is 1. The van der Waals surface area contributed by atoms with E-state index in [9.17, 15) is 4.79 Å². The number of hydrogen-bond acceptors (Lipinski definition) is 3. The first kappa shape index (κ1) is 13.2. The van der Waals surface area contributed by atoms with Crippen LogP contribution in [0.5, 0.6) is 0 Å². The van der Waals surface area contributed by atoms with E-state index in [1.54, 1.807) is 18.4 Å². The van der Waals surface area contributed by atoms with Crippen molar-refractivity contribution in [1.82, 2.24) is 0 Å². The highest BCUT2D eigenvalue weighted by molar-refractivity contribution is 7.17. The second-order valence-corrected chi connectivity index (χ2v) is 5.30. The Labute approximate surface area is 112 Å². The minimum absolute atomic E-state index is 0.100. The van der Waals surface area contributed by atoms with Crippen molar-refractivity contribution in [3.63, 3.8) is 0 Å². The van der Waals surface area contributed by atoms with Crippen LogP contribution in [0, 0.1) is 0 Å². The van der Waals surface area contributed by atoms with Crippen LogP contribution in [0.25, 0.3) is 10.1 Å². The van der Waals surface area contributed by atoms with Gasteiger partial charge in [-0.25, -0.2) is 0 Å². The fraction of sp³-hybridized carbons (Fsp3) is 0.400. The number of Topliss-reactive ketones (excluding diaryl/α,β-unsaturated/α-hetero) is 1. The van der Waals surface area contributed by atoms with Gasteiger partial charge < -0.3 is 4.74 Å². The Balaban J connectivity index is 2.54. The Morgan fingerprint density at radius 1 is 1.28 bits per heavy atom. The van der Waals surface area contributed by atoms with Gasteiger partial charge in [-0.15, -0.1) is 11.3 Å². The summed E-state index contributed by atoms with van der Waals surface area (Å²) in [4.78, 5) is 12.8. The normalized spacial score (nSPS) is 11.9. The van der Waals surface area contributed by atoms with Gasteiger partial charge in [0.1, 0.15) is 5.60 Å². The molecule has 0 aliphatic rings. The van der Waals surface area contributed by atoms with Gasteiger partial charge in [0.15, 0.2) is 5.78 Å². The summed E-state index contributed by atoms with van der Waals surface area (Å²) in [6.07, 6.45) is 1.39. The number of thiophene rings is 1. The van der Waals surface area contributed by atoms with Crippen molar-refractivity contribution >= 4 is 27.2 Å². The average Bonchev–Trinajstić information content (AvgIpc) is 2.89. The first-order chi connectivity index (χ1) is 8.68. The van der Waals surface area contributed by atoms with Crippen LogP contribution in [0.15, 0.2) is 29.6 Å². The molecule has 0 fully saturated rings. The Bertz CT molecular complexity index is 544. The van der Waals surface area contributed by atoms with Gasteiger partial charge in [0, 0.05) is 17.4 Å². The van der Waals surface area contributed by atoms with E-state index in [4.69, 9.17) is 4.74 Å². The van der Waals surface area contributed by atoms with Crippen molar-refractivity contribution in [2.45, 2.75) is 32.3 Å². The van der Waals surface area contributed by atoms with Crippen LogP contribution in [-0.4, -0.2) is 18.5 Å². The molecule has 0 radical (unpaired) electrons. The maximum absolute atomic E-state index is 12.8. The molecule has 0 atom stereocenters. The summed E-state index contributed by atoms with van der Waals surface area (Å²) >= 11 is 1.61. The molecule has 1 heterocycles. The van der Waals surface area contributed by atoms with Crippen LogP contribution >= 0.6 is 11.3 Å². The smallest absolute Gasteiger partial charge is 0.196 e. The molecular formula is C15H18O2S. The highest BCUT2D eigenvalue weighted by Gasteiger charge is 2.36. The predicted molar refractivity (Wildman–Crippen MR) is 76.5 cm³/mol. The summed E-state index contributed by atoms with van der Waals surface area (Å²) in [6, 6.07) is 7.92. The average molecular weight is 262 g/mol. The highest BCUT2D eigenvalue weighted by Crippen LogP contribution is 2.31. The topological polar surface area (TPSA) is 26.3 Å². The third-order valence-electron chi connectivity index (χ3n) is 3.67. The number of hydrogen-bond donors (Lipinski definition) is 0. The molecule has 0 aliphatic heterocycles. The SMILES string of the molecule is CCC(CC)(OC)C(=O)c1cccc2ccsc12. The van der Waals surface area contributed by atoms with Crippen molar-refractivity contribution in [2.75, 3.05) is 7.11 Å². The van der Waals surface area contributed by atoms with Crippen molar-refractivity contribution in [1.29, 1.82) is 0 Å². The second kappa shape index (κ2) is 5.21. The van der Waals surface area contributed by atoms with E-state index >= 15 is 0 Å². The van der Waals surface area contributed by atoms with Gasteiger partial charge in [0.05, 0.1) is 0 Å². The molecule has 1 aromatic carbocycles. The Morgan fingerprint density at radius 3 is 2.61 bits per heavy atom. The third kappa shape index (κ3) is 1.98. The molecule has 0 N–H and O–H groups in total. The summed E-state index contributed by atoms with van der Waals surface area (Å²) in [5.74, 6) is 0.100. The Hall–Kier alpha value is -1.19. The van der Waals surface area contributed by atoms with Gasteiger partial charge >= 0.3 is 0 Å². The molecule has 0 bridgehead atoms. The molecule has 2 aromatic rings. The molecule has 0 spiro atoms. The lowest BCUT2D eigenvalue weighted by atomic mass is 9.87. The van der Waals surface area contributed by atoms with E-state index in [0.717, 1.165) is 15.6 Å². The van der Waals surface area contributed by atoms with Crippen LogP contribution in [0.1, 0.15) is 37.0 Å². The fourth-order valence-electron chi connectivity index (χ4n) is 2.37. The lowest BCUT2D eigenvalue weighted by Crippen LogP contribution is -2.39. The second-order valence-electron chi connectivity index (χ2n) is 4.38. The summed E-state index contributed by atoms with van der Waals surface area (Å²) in [7, 11) is 1.62. The zero-order chi connectivity index (χ0) is 13.2. The van der Waals surface area contributed by atoms with Crippen LogP contribution < -0.4 is 0 Å². The number of rotatable bonds is 5. The molecule has 2 rings (SSSR count). The van der Waals surface area contributed by atoms with E-state index in [1.807, 2.05) is 43.5 Å². The third-order valence-corrected chi connectivity index (χ3v) is 4.63. The van der Waals surface area contributed by atoms with Gasteiger partial charge in [0.2, 0.25) is 0 Å². The van der Waals surface area contributed by atoms with Gasteiger partial charge in [0.25, 0.3) is 0 Å². The maximum Gasteiger partial charge on any atom is 0.196 e. The molecule has 0 amide bonds. The summed E-state index contributed by atoms with van der Waals surface area (Å²) < 4.78 is 6.59. The Morgan fingerprint density at radius 2 is 2.00 bits per heavy atom. The molecule has 2 nitrogen and oxygen atoms in total. The van der Waals surface area contributed by atoms with Crippen molar-refractivity contribution < 1.29 is 9.53 Å². The molecule has 3 heteroatoms. The van der Waals surface area contributed by atoms with Crippen LogP contribution in [0.4, 0.5) is 0 Å². The number of ketones is 1. The van der Waals surface area contributed by atoms with Gasteiger partial charge in [-0.1, -0.05) is 26.0 Å². The zero-order valence-electron chi connectivity index (χ0n) is 11.0. The van der Waals surface area contributed by atoms with E-state index in [0.29, 0.717) is 12.8 Å². The highest BCUT2D eigenvalue weighted by atomic mass is 32.1. The van der Waals surface area contributed by atoms with E-state index < -0.39 is 5.60 Å². The minimum Gasteiger partial charge on any atom is -0.370 e. The molecule has 96 valence electrons. The summed E-state index contributed by atoms with van der Waals surface area (Å²) in [5, 5.41) is 3.15. The van der Waals surface area contributed by atoms with Crippen LogP contribution in [0.3, 0.4) is 0 Å². The van der Waals surface area contributed by atoms with Crippen LogP contribution in [-0.2, 0) is 4.74 Å². The predicted octanol–water partition coefficient (Wildman–Crippen LogP) is 4.29. The van der Waals surface area contributed by atoms with Crippen molar-refractivity contribution in [3.05, 3.63) is 35.2 Å². The maximum atomic E-state index is 12.8. The summed E-state index contributed by atoms with van der Waals surface area (Å²) in [6.45, 7) is 4.00. The fourth-order valence-corrected chi connectivity index (χ4v) is 3.28. The monoisotopic (exact) mass is 262 g/mol. The zero-order valence-corrected chi connectivity index (χ0v) is 11.8. The largest absolute Gasteiger partial charge is 0.370 e. The number of fused-ring (bicyclic) bond motifs is 1. The van der Waals surface area contributed by atoms with Crippen LogP contribution in [0.2, 0.25) is 0 Å². The van der Waals surface area contributed by atoms with Gasteiger partial charge in [-0.2, -0.15) is 0 Å². The van der Waals surface area contributed by atoms with E-state index in [-0.39, 0.29) is 5.78 Å². The van der Waals surface area contributed by atoms with Crippen molar-refractivity contribution in [2.24, 2.45) is 0 Å². The quantitative estimate of drug-likeness (QED) is 0.751. The van der Waals surface area contributed by atoms with E-state index in [2.05, 4.69) is 0 Å². The minimum atomic E-state index is -0.682. The molecule has 1 aromatic heterocycles. The molecule has 0 saturated carbocycles. The lowest BCUT2D eigenvalue weighted by Gasteiger charge is -2.28. The molecule has 0 saturated heterocycles. The number of carbonyl (C=O) groups is 1. The molecule has 0 unspecified atom stereocenters. The number of carbonyl (C=O) groups excluding carboxylic acids is 1.